The Morgan fingerprint density at radius 3 is 2.55 bits per heavy atom. The van der Waals surface area contributed by atoms with E-state index in [4.69, 9.17) is 4.74 Å². The van der Waals surface area contributed by atoms with Crippen LogP contribution in [0.4, 0.5) is 0 Å². The van der Waals surface area contributed by atoms with Gasteiger partial charge in [-0.05, 0) is 43.5 Å². The molecule has 0 saturated carbocycles. The Morgan fingerprint density at radius 1 is 1.10 bits per heavy atom. The van der Waals surface area contributed by atoms with Crippen molar-refractivity contribution in [3.63, 3.8) is 0 Å². The molecule has 6 heteroatoms. The predicted molar refractivity (Wildman–Crippen MR) is 108 cm³/mol. The zero-order valence-corrected chi connectivity index (χ0v) is 16.5. The maximum absolute atomic E-state index is 13.0. The van der Waals surface area contributed by atoms with Crippen molar-refractivity contribution in [1.82, 2.24) is 9.80 Å². The van der Waals surface area contributed by atoms with Crippen LogP contribution in [0.5, 0.6) is 0 Å². The molecule has 4 rings (SSSR count). The normalized spacial score (nSPS) is 18.2. The van der Waals surface area contributed by atoms with Crippen LogP contribution in [-0.4, -0.2) is 53.3 Å². The molecule has 2 aliphatic heterocycles. The van der Waals surface area contributed by atoms with E-state index in [0.29, 0.717) is 36.4 Å². The summed E-state index contributed by atoms with van der Waals surface area (Å²) in [6, 6.07) is 14.6. The van der Waals surface area contributed by atoms with Crippen LogP contribution in [0.1, 0.15) is 56.4 Å². The van der Waals surface area contributed by atoms with E-state index in [-0.39, 0.29) is 30.4 Å². The Hall–Kier alpha value is -2.99. The number of carbonyl (C=O) groups excluding carboxylic acids is 3. The lowest BCUT2D eigenvalue weighted by atomic mass is 10.0. The van der Waals surface area contributed by atoms with E-state index in [1.54, 1.807) is 23.1 Å². The Balaban J connectivity index is 1.54. The average molecular weight is 392 g/mol. The second-order valence-electron chi connectivity index (χ2n) is 7.42. The van der Waals surface area contributed by atoms with Gasteiger partial charge in [0.1, 0.15) is 0 Å². The number of fused-ring (bicyclic) bond motifs is 1. The summed E-state index contributed by atoms with van der Waals surface area (Å²) in [7, 11) is 0. The lowest BCUT2D eigenvalue weighted by molar-refractivity contribution is 0.0475. The highest BCUT2D eigenvalue weighted by Crippen LogP contribution is 2.26. The molecule has 2 aliphatic rings. The van der Waals surface area contributed by atoms with Crippen molar-refractivity contribution in [2.45, 2.75) is 32.4 Å². The largest absolute Gasteiger partial charge is 0.376 e. The fourth-order valence-electron chi connectivity index (χ4n) is 3.90. The number of amides is 3. The molecule has 1 fully saturated rings. The first-order valence-corrected chi connectivity index (χ1v) is 10.0. The molecule has 0 aliphatic carbocycles. The maximum Gasteiger partial charge on any atom is 0.261 e. The minimum Gasteiger partial charge on any atom is -0.376 e. The van der Waals surface area contributed by atoms with Gasteiger partial charge in [-0.3, -0.25) is 19.3 Å². The highest BCUT2D eigenvalue weighted by molar-refractivity contribution is 6.22. The Morgan fingerprint density at radius 2 is 1.86 bits per heavy atom. The number of hydrogen-bond donors (Lipinski definition) is 0. The van der Waals surface area contributed by atoms with Gasteiger partial charge >= 0.3 is 0 Å². The van der Waals surface area contributed by atoms with Gasteiger partial charge in [-0.25, -0.2) is 0 Å². The zero-order valence-electron chi connectivity index (χ0n) is 16.5. The van der Waals surface area contributed by atoms with Crippen LogP contribution >= 0.6 is 0 Å². The van der Waals surface area contributed by atoms with E-state index in [2.05, 4.69) is 0 Å². The second-order valence-corrected chi connectivity index (χ2v) is 7.42. The summed E-state index contributed by atoms with van der Waals surface area (Å²) in [5, 5.41) is 0. The summed E-state index contributed by atoms with van der Waals surface area (Å²) in [6.45, 7) is 3.89. The molecule has 0 N–H and O–H groups in total. The summed E-state index contributed by atoms with van der Waals surface area (Å²) >= 11 is 0. The van der Waals surface area contributed by atoms with Crippen LogP contribution in [0.15, 0.2) is 48.5 Å². The number of hydrogen-bond acceptors (Lipinski definition) is 4. The monoisotopic (exact) mass is 392 g/mol. The Kier molecular flexibility index (Phi) is 5.45. The molecule has 0 spiro atoms. The SMILES string of the molecule is CCN(Cc1ccccc1)C(=O)c1ccc2c(c1)C(=O)N(C[C@H]1CCCO1)C2=O. The van der Waals surface area contributed by atoms with E-state index in [1.807, 2.05) is 37.3 Å². The van der Waals surface area contributed by atoms with Gasteiger partial charge < -0.3 is 9.64 Å². The number of nitrogens with zero attached hydrogens (tertiary/aromatic N) is 2. The van der Waals surface area contributed by atoms with Gasteiger partial charge in [0.2, 0.25) is 0 Å². The van der Waals surface area contributed by atoms with Crippen molar-refractivity contribution in [3.05, 3.63) is 70.8 Å². The fraction of sp³-hybridized carbons (Fsp3) is 0.348. The lowest BCUT2D eigenvalue weighted by Crippen LogP contribution is -2.36. The van der Waals surface area contributed by atoms with Crippen molar-refractivity contribution in [3.8, 4) is 0 Å². The maximum atomic E-state index is 13.0. The van der Waals surface area contributed by atoms with Crippen molar-refractivity contribution in [2.75, 3.05) is 19.7 Å². The van der Waals surface area contributed by atoms with Gasteiger partial charge in [-0.2, -0.15) is 0 Å². The van der Waals surface area contributed by atoms with Crippen LogP contribution in [-0.2, 0) is 11.3 Å². The second kappa shape index (κ2) is 8.17. The molecule has 29 heavy (non-hydrogen) atoms. The Labute approximate surface area is 170 Å². The van der Waals surface area contributed by atoms with Crippen LogP contribution in [0.2, 0.25) is 0 Å². The van der Waals surface area contributed by atoms with Gasteiger partial charge in [-0.1, -0.05) is 30.3 Å². The molecule has 0 unspecified atom stereocenters. The van der Waals surface area contributed by atoms with E-state index in [0.717, 1.165) is 18.4 Å². The molecule has 2 heterocycles. The topological polar surface area (TPSA) is 66.9 Å². The van der Waals surface area contributed by atoms with Crippen molar-refractivity contribution >= 4 is 17.7 Å². The van der Waals surface area contributed by atoms with E-state index < -0.39 is 0 Å². The predicted octanol–water partition coefficient (Wildman–Crippen LogP) is 3.12. The summed E-state index contributed by atoms with van der Waals surface area (Å²) < 4.78 is 5.57. The molecule has 3 amide bonds. The van der Waals surface area contributed by atoms with Crippen molar-refractivity contribution in [1.29, 1.82) is 0 Å². The number of ether oxygens (including phenoxy) is 1. The molecule has 2 aromatic rings. The van der Waals surface area contributed by atoms with Gasteiger partial charge in [0.25, 0.3) is 17.7 Å². The van der Waals surface area contributed by atoms with Gasteiger partial charge in [0, 0.05) is 25.3 Å². The highest BCUT2D eigenvalue weighted by Gasteiger charge is 2.38. The molecule has 0 bridgehead atoms. The first-order chi connectivity index (χ1) is 14.1. The number of imide groups is 1. The number of rotatable bonds is 6. The van der Waals surface area contributed by atoms with E-state index >= 15 is 0 Å². The average Bonchev–Trinajstić information content (AvgIpc) is 3.35. The van der Waals surface area contributed by atoms with Crippen LogP contribution < -0.4 is 0 Å². The third-order valence-electron chi connectivity index (χ3n) is 5.51. The van der Waals surface area contributed by atoms with Crippen molar-refractivity contribution in [2.24, 2.45) is 0 Å². The van der Waals surface area contributed by atoms with Gasteiger partial charge in [0.15, 0.2) is 0 Å². The van der Waals surface area contributed by atoms with Gasteiger partial charge in [0.05, 0.1) is 23.8 Å². The van der Waals surface area contributed by atoms with Gasteiger partial charge in [-0.15, -0.1) is 0 Å². The summed E-state index contributed by atoms with van der Waals surface area (Å²) in [5.74, 6) is -0.811. The third kappa shape index (κ3) is 3.80. The van der Waals surface area contributed by atoms with Crippen LogP contribution in [0.3, 0.4) is 0 Å². The van der Waals surface area contributed by atoms with Crippen LogP contribution in [0.25, 0.3) is 0 Å². The minimum atomic E-state index is -0.346. The van der Waals surface area contributed by atoms with Crippen molar-refractivity contribution < 1.29 is 19.1 Å². The van der Waals surface area contributed by atoms with Crippen LogP contribution in [0, 0.1) is 0 Å². The molecule has 0 aromatic heterocycles. The lowest BCUT2D eigenvalue weighted by Gasteiger charge is -2.21. The first kappa shape index (κ1) is 19.3. The van der Waals surface area contributed by atoms with E-state index in [1.165, 1.54) is 4.90 Å². The standard InChI is InChI=1S/C23H24N2O4/c1-2-24(14-16-7-4-3-5-8-16)21(26)17-10-11-19-20(13-17)23(28)25(22(19)27)15-18-9-6-12-29-18/h3-5,7-8,10-11,13,18H,2,6,9,12,14-15H2,1H3/t18-/m1/s1. The highest BCUT2D eigenvalue weighted by atomic mass is 16.5. The smallest absolute Gasteiger partial charge is 0.261 e. The Bertz CT molecular complexity index is 935. The molecular formula is C23H24N2O4. The molecule has 1 atom stereocenters. The number of carbonyl (C=O) groups is 3. The quantitative estimate of drug-likeness (QED) is 0.709. The summed E-state index contributed by atoms with van der Waals surface area (Å²) in [4.78, 5) is 41.5. The summed E-state index contributed by atoms with van der Waals surface area (Å²) in [6.07, 6.45) is 1.70. The third-order valence-corrected chi connectivity index (χ3v) is 5.51. The fourth-order valence-corrected chi connectivity index (χ4v) is 3.90. The molecule has 6 nitrogen and oxygen atoms in total. The molecule has 150 valence electrons. The molecular weight excluding hydrogens is 368 g/mol. The first-order valence-electron chi connectivity index (χ1n) is 10.0. The number of benzene rings is 2. The zero-order chi connectivity index (χ0) is 20.4. The van der Waals surface area contributed by atoms with E-state index in [9.17, 15) is 14.4 Å². The molecule has 2 aromatic carbocycles. The molecule has 0 radical (unpaired) electrons. The minimum absolute atomic E-state index is 0.0974. The molecule has 1 saturated heterocycles. The summed E-state index contributed by atoms with van der Waals surface area (Å²) in [5.41, 5.74) is 2.12.